The molecule has 4 rings (SSSR count). The first kappa shape index (κ1) is 25.7. The van der Waals surface area contributed by atoms with Crippen LogP contribution in [0.5, 0.6) is 0 Å². The van der Waals surface area contributed by atoms with E-state index in [0.717, 1.165) is 6.07 Å². The summed E-state index contributed by atoms with van der Waals surface area (Å²) in [6.45, 7) is -0.480. The van der Waals surface area contributed by atoms with Gasteiger partial charge in [-0.3, -0.25) is 14.5 Å². The number of hydrogen-bond acceptors (Lipinski definition) is 8. The summed E-state index contributed by atoms with van der Waals surface area (Å²) in [5.41, 5.74) is -1.53. The van der Waals surface area contributed by atoms with Crippen LogP contribution >= 0.6 is 0 Å². The van der Waals surface area contributed by atoms with E-state index in [1.54, 1.807) is 0 Å². The summed E-state index contributed by atoms with van der Waals surface area (Å²) in [4.78, 5) is 50.8. The summed E-state index contributed by atoms with van der Waals surface area (Å²) in [7, 11) is 0. The Kier molecular flexibility index (Phi) is 6.90. The van der Waals surface area contributed by atoms with Gasteiger partial charge in [0.1, 0.15) is 12.7 Å². The lowest BCUT2D eigenvalue weighted by molar-refractivity contribution is -0.315. The van der Waals surface area contributed by atoms with Gasteiger partial charge in [0.25, 0.3) is 5.56 Å². The second kappa shape index (κ2) is 9.93. The van der Waals surface area contributed by atoms with Crippen LogP contribution in [0.1, 0.15) is 12.0 Å². The van der Waals surface area contributed by atoms with E-state index in [9.17, 15) is 37.5 Å². The Labute approximate surface area is 205 Å². The number of benzene rings is 2. The highest BCUT2D eigenvalue weighted by Gasteiger charge is 2.35. The van der Waals surface area contributed by atoms with Gasteiger partial charge in [-0.1, -0.05) is 24.3 Å². The van der Waals surface area contributed by atoms with Crippen LogP contribution in [0.2, 0.25) is 0 Å². The largest absolute Gasteiger partial charge is 0.547 e. The number of aliphatic hydroxyl groups excluding tert-OH is 1. The molecule has 1 aliphatic heterocycles. The van der Waals surface area contributed by atoms with Crippen molar-refractivity contribution in [3.8, 4) is 11.3 Å². The lowest BCUT2D eigenvalue weighted by Crippen LogP contribution is -2.37. The van der Waals surface area contributed by atoms with E-state index >= 15 is 0 Å². The number of carbonyl (C=O) groups excluding carboxylic acids is 3. The molecule has 37 heavy (non-hydrogen) atoms. The Balaban J connectivity index is 1.53. The fourth-order valence-corrected chi connectivity index (χ4v) is 3.83. The number of pyridine rings is 1. The lowest BCUT2D eigenvalue weighted by atomic mass is 10.0. The Bertz CT molecular complexity index is 1440. The number of rotatable bonds is 7. The first-order valence-corrected chi connectivity index (χ1v) is 10.8. The Morgan fingerprint density at radius 1 is 1.19 bits per heavy atom. The normalized spacial score (nSPS) is 16.5. The van der Waals surface area contributed by atoms with Crippen molar-refractivity contribution in [1.82, 2.24) is 4.98 Å². The number of aromatic nitrogens is 1. The van der Waals surface area contributed by atoms with Gasteiger partial charge in [-0.05, 0) is 29.7 Å². The van der Waals surface area contributed by atoms with Gasteiger partial charge in [0, 0.05) is 22.3 Å². The van der Waals surface area contributed by atoms with Crippen LogP contribution in [-0.4, -0.2) is 53.5 Å². The summed E-state index contributed by atoms with van der Waals surface area (Å²) in [6.07, 6.45) is -9.21. The molecule has 10 nitrogen and oxygen atoms in total. The van der Waals surface area contributed by atoms with Gasteiger partial charge in [0.05, 0.1) is 24.5 Å². The summed E-state index contributed by atoms with van der Waals surface area (Å²) in [6, 6.07) is 10.6. The highest BCUT2D eigenvalue weighted by molar-refractivity contribution is 5.95. The van der Waals surface area contributed by atoms with E-state index in [-0.39, 0.29) is 28.9 Å². The maximum Gasteiger partial charge on any atom is 0.417 e. The number of H-pyrrole nitrogens is 1. The number of aliphatic carboxylic acids is 1. The molecule has 194 valence electrons. The van der Waals surface area contributed by atoms with E-state index in [1.165, 1.54) is 47.4 Å². The maximum absolute atomic E-state index is 13.4. The summed E-state index contributed by atoms with van der Waals surface area (Å²) >= 11 is 0. The first-order valence-electron chi connectivity index (χ1n) is 10.8. The van der Waals surface area contributed by atoms with E-state index in [1.807, 2.05) is 0 Å². The number of aliphatic hydroxyl groups is 1. The van der Waals surface area contributed by atoms with Crippen molar-refractivity contribution in [3.63, 3.8) is 0 Å². The number of nitrogens with zero attached hydrogens (tertiary/aromatic N) is 1. The fraction of sp³-hybridized carbons (Fsp3) is 0.250. The number of nitrogens with one attached hydrogen (secondary N) is 1. The number of anilines is 1. The van der Waals surface area contributed by atoms with Crippen molar-refractivity contribution in [2.24, 2.45) is 0 Å². The number of halogens is 3. The van der Waals surface area contributed by atoms with E-state index in [2.05, 4.69) is 4.98 Å². The molecule has 1 unspecified atom stereocenters. The summed E-state index contributed by atoms with van der Waals surface area (Å²) in [5, 5.41) is 20.1. The van der Waals surface area contributed by atoms with Crippen LogP contribution in [0.25, 0.3) is 22.0 Å². The molecule has 1 fully saturated rings. The number of aromatic amines is 1. The summed E-state index contributed by atoms with van der Waals surface area (Å²) < 4.78 is 50.2. The van der Waals surface area contributed by atoms with Crippen LogP contribution in [-0.2, 0) is 25.2 Å². The molecule has 3 aromatic rings. The molecule has 1 aliphatic rings. The number of carboxylic acid groups (broad SMARTS) is 1. The van der Waals surface area contributed by atoms with Gasteiger partial charge in [0.15, 0.2) is 6.10 Å². The molecule has 13 heteroatoms. The Hall–Kier alpha value is -4.39. The quantitative estimate of drug-likeness (QED) is 0.447. The molecular formula is C24H18F3N2O8-. The molecule has 2 aromatic carbocycles. The number of amides is 1. The van der Waals surface area contributed by atoms with Crippen molar-refractivity contribution < 1.29 is 47.2 Å². The lowest BCUT2D eigenvalue weighted by Gasteiger charge is -2.15. The van der Waals surface area contributed by atoms with Crippen LogP contribution in [0.4, 0.5) is 23.7 Å². The first-order chi connectivity index (χ1) is 17.4. The minimum absolute atomic E-state index is 0.0237. The standard InChI is InChI=1S/C24H19F3N2O8/c25-24(26,27)17-4-2-1-3-15(17)18-7-12-5-6-13(8-16(12)21(32)28-18)29-10-14(37-23(29)35)11-36-20(31)9-19(30)22(33)34/h1-8,14,19,30H,9-11H2,(H,28,32)(H,33,34)/p-1/t14-,19?/m0/s1. The second-order valence-electron chi connectivity index (χ2n) is 8.17. The smallest absolute Gasteiger partial charge is 0.417 e. The molecule has 1 amide bonds. The van der Waals surface area contributed by atoms with Crippen molar-refractivity contribution in [2.45, 2.75) is 24.8 Å². The van der Waals surface area contributed by atoms with Gasteiger partial charge in [-0.25, -0.2) is 4.79 Å². The predicted molar refractivity (Wildman–Crippen MR) is 119 cm³/mol. The molecule has 2 heterocycles. The molecular weight excluding hydrogens is 501 g/mol. The number of cyclic esters (lactones) is 1. The molecule has 1 aromatic heterocycles. The number of esters is 1. The predicted octanol–water partition coefficient (Wildman–Crippen LogP) is 1.58. The van der Waals surface area contributed by atoms with E-state index in [4.69, 9.17) is 14.6 Å². The molecule has 0 bridgehead atoms. The molecule has 2 N–H and O–H groups in total. The molecule has 0 radical (unpaired) electrons. The number of fused-ring (bicyclic) bond motifs is 1. The van der Waals surface area contributed by atoms with Gasteiger partial charge in [-0.15, -0.1) is 0 Å². The highest BCUT2D eigenvalue weighted by atomic mass is 19.4. The molecule has 1 saturated heterocycles. The van der Waals surface area contributed by atoms with Gasteiger partial charge < -0.3 is 29.5 Å². The third-order valence-corrected chi connectivity index (χ3v) is 5.60. The third kappa shape index (κ3) is 5.56. The average molecular weight is 519 g/mol. The number of carboxylic acids is 1. The van der Waals surface area contributed by atoms with Gasteiger partial charge >= 0.3 is 18.2 Å². The number of alkyl halides is 3. The molecule has 0 spiro atoms. The average Bonchev–Trinajstić information content (AvgIpc) is 3.22. The summed E-state index contributed by atoms with van der Waals surface area (Å²) in [5.74, 6) is -2.87. The topological polar surface area (TPSA) is 149 Å². The number of ether oxygens (including phenoxy) is 2. The van der Waals surface area contributed by atoms with Crippen LogP contribution in [0.3, 0.4) is 0 Å². The molecule has 2 atom stereocenters. The van der Waals surface area contributed by atoms with Crippen LogP contribution in [0.15, 0.2) is 53.3 Å². The highest BCUT2D eigenvalue weighted by Crippen LogP contribution is 2.36. The van der Waals surface area contributed by atoms with E-state index in [0.29, 0.717) is 5.39 Å². The monoisotopic (exact) mass is 519 g/mol. The Morgan fingerprint density at radius 3 is 2.62 bits per heavy atom. The van der Waals surface area contributed by atoms with Crippen molar-refractivity contribution in [2.75, 3.05) is 18.1 Å². The van der Waals surface area contributed by atoms with Gasteiger partial charge in [-0.2, -0.15) is 13.2 Å². The Morgan fingerprint density at radius 2 is 1.92 bits per heavy atom. The van der Waals surface area contributed by atoms with Crippen molar-refractivity contribution in [1.29, 1.82) is 0 Å². The zero-order chi connectivity index (χ0) is 26.9. The zero-order valence-electron chi connectivity index (χ0n) is 18.8. The van der Waals surface area contributed by atoms with Gasteiger partial charge in [0.2, 0.25) is 0 Å². The fourth-order valence-electron chi connectivity index (χ4n) is 3.83. The SMILES string of the molecule is O=C(CC(O)C(=O)[O-])OC[C@@H]1CN(c2ccc3cc(-c4ccccc4C(F)(F)F)[nH]c(=O)c3c2)C(=O)O1. The minimum atomic E-state index is -4.62. The molecule has 0 aliphatic carbocycles. The number of carbonyl (C=O) groups is 3. The molecule has 0 saturated carbocycles. The van der Waals surface area contributed by atoms with Crippen molar-refractivity contribution >= 4 is 34.5 Å². The van der Waals surface area contributed by atoms with Crippen LogP contribution < -0.4 is 15.6 Å². The number of hydrogen-bond donors (Lipinski definition) is 2. The second-order valence-corrected chi connectivity index (χ2v) is 8.17. The van der Waals surface area contributed by atoms with Crippen LogP contribution in [0, 0.1) is 0 Å². The van der Waals surface area contributed by atoms with Crippen molar-refractivity contribution in [3.05, 3.63) is 64.4 Å². The maximum atomic E-state index is 13.4. The van der Waals surface area contributed by atoms with E-state index < -0.39 is 60.6 Å². The third-order valence-electron chi connectivity index (χ3n) is 5.60. The minimum Gasteiger partial charge on any atom is -0.547 e. The zero-order valence-corrected chi connectivity index (χ0v) is 18.8.